The zero-order valence-electron chi connectivity index (χ0n) is 21.5. The van der Waals surface area contributed by atoms with Crippen molar-refractivity contribution in [2.45, 2.75) is 83.7 Å². The molecule has 1 aliphatic heterocycles. The third-order valence-corrected chi connectivity index (χ3v) is 6.71. The molecule has 2 aliphatic rings. The van der Waals surface area contributed by atoms with Crippen LogP contribution in [0.25, 0.3) is 0 Å². The van der Waals surface area contributed by atoms with Gasteiger partial charge in [0.25, 0.3) is 0 Å². The van der Waals surface area contributed by atoms with Crippen molar-refractivity contribution in [3.63, 3.8) is 0 Å². The van der Waals surface area contributed by atoms with Crippen LogP contribution in [0.2, 0.25) is 0 Å². The van der Waals surface area contributed by atoms with E-state index in [9.17, 15) is 22.8 Å². The van der Waals surface area contributed by atoms with E-state index in [0.29, 0.717) is 39.0 Å². The summed E-state index contributed by atoms with van der Waals surface area (Å²) in [5, 5.41) is 6.38. The van der Waals surface area contributed by atoms with Gasteiger partial charge in [0.1, 0.15) is 5.60 Å². The maximum atomic E-state index is 13.0. The monoisotopic (exact) mass is 513 g/mol. The molecule has 10 heteroatoms. The van der Waals surface area contributed by atoms with E-state index >= 15 is 0 Å². The van der Waals surface area contributed by atoms with Gasteiger partial charge in [0, 0.05) is 30.5 Å². The molecule has 0 aromatic heterocycles. The molecule has 0 spiro atoms. The number of nitrogens with one attached hydrogen (secondary N) is 2. The predicted molar refractivity (Wildman–Crippen MR) is 132 cm³/mol. The van der Waals surface area contributed by atoms with E-state index in [1.54, 1.807) is 27.7 Å². The maximum absolute atomic E-state index is 13.0. The van der Waals surface area contributed by atoms with E-state index < -0.39 is 23.8 Å². The molecule has 1 amide bonds. The van der Waals surface area contributed by atoms with Crippen LogP contribution < -0.4 is 15.5 Å². The van der Waals surface area contributed by atoms with E-state index in [2.05, 4.69) is 10.6 Å². The van der Waals surface area contributed by atoms with Gasteiger partial charge < -0.3 is 25.0 Å². The molecule has 1 aromatic rings. The molecule has 1 aliphatic carbocycles. The minimum Gasteiger partial charge on any atom is -0.466 e. The van der Waals surface area contributed by atoms with Crippen LogP contribution in [0.4, 0.5) is 29.3 Å². The Kier molecular flexibility index (Phi) is 9.00. The summed E-state index contributed by atoms with van der Waals surface area (Å²) in [6.45, 7) is 8.19. The molecular weight excluding hydrogens is 475 g/mol. The zero-order valence-corrected chi connectivity index (χ0v) is 21.5. The number of alkyl halides is 3. The minimum absolute atomic E-state index is 0.102. The fraction of sp³-hybridized carbons (Fsp3) is 0.692. The van der Waals surface area contributed by atoms with Crippen molar-refractivity contribution in [2.24, 2.45) is 11.8 Å². The fourth-order valence-corrected chi connectivity index (χ4v) is 4.88. The summed E-state index contributed by atoms with van der Waals surface area (Å²) in [5.41, 5.74) is 1.07. The summed E-state index contributed by atoms with van der Waals surface area (Å²) in [6.07, 6.45) is -2.75. The number of halogens is 3. The fourth-order valence-electron chi connectivity index (χ4n) is 4.88. The number of nitrogens with zero attached hydrogens (tertiary/aromatic N) is 1. The topological polar surface area (TPSA) is 79.9 Å². The standard InChI is InChI=1S/C26H38F3N3O4/c1-5-35-23(33)17-6-11-21(22(16-17)31-24(34)36-25(2,3)4)30-19-7-9-20(10-8-19)32-14-12-18(13-15-32)26(27,28)29/h7-10,17-18,21-22,30H,5-6,11-16H2,1-4H3,(H,31,34)/t17-,21?,22+/m1/s1. The van der Waals surface area contributed by atoms with Crippen LogP contribution in [-0.4, -0.2) is 55.6 Å². The molecule has 0 bridgehead atoms. The Morgan fingerprint density at radius 1 is 1.00 bits per heavy atom. The van der Waals surface area contributed by atoms with Crippen molar-refractivity contribution in [1.29, 1.82) is 0 Å². The second-order valence-electron chi connectivity index (χ2n) is 10.6. The summed E-state index contributed by atoms with van der Waals surface area (Å²) >= 11 is 0. The maximum Gasteiger partial charge on any atom is 0.407 e. The number of carbonyl (C=O) groups is 2. The van der Waals surface area contributed by atoms with E-state index in [1.807, 2.05) is 29.2 Å². The second-order valence-corrected chi connectivity index (χ2v) is 10.6. The van der Waals surface area contributed by atoms with Crippen LogP contribution in [0.15, 0.2) is 24.3 Å². The Morgan fingerprint density at radius 2 is 1.64 bits per heavy atom. The first-order valence-electron chi connectivity index (χ1n) is 12.7. The quantitative estimate of drug-likeness (QED) is 0.489. The highest BCUT2D eigenvalue weighted by Gasteiger charge is 2.41. The molecular formula is C26H38F3N3O4. The molecule has 0 radical (unpaired) electrons. The van der Waals surface area contributed by atoms with Crippen molar-refractivity contribution in [3.05, 3.63) is 24.3 Å². The molecule has 2 N–H and O–H groups in total. The number of carbonyl (C=O) groups excluding carboxylic acids is 2. The van der Waals surface area contributed by atoms with Crippen LogP contribution in [0.3, 0.4) is 0 Å². The molecule has 36 heavy (non-hydrogen) atoms. The molecule has 3 atom stereocenters. The average molecular weight is 514 g/mol. The molecule has 3 rings (SSSR count). The van der Waals surface area contributed by atoms with Crippen molar-refractivity contribution in [2.75, 3.05) is 29.9 Å². The lowest BCUT2D eigenvalue weighted by molar-refractivity contribution is -0.179. The van der Waals surface area contributed by atoms with Crippen molar-refractivity contribution in [1.82, 2.24) is 5.32 Å². The number of alkyl carbamates (subject to hydrolysis) is 1. The van der Waals surface area contributed by atoms with Gasteiger partial charge in [0.05, 0.1) is 24.5 Å². The summed E-state index contributed by atoms with van der Waals surface area (Å²) in [4.78, 5) is 26.8. The summed E-state index contributed by atoms with van der Waals surface area (Å²) in [7, 11) is 0. The number of ether oxygens (including phenoxy) is 2. The Labute approximate surface area is 211 Å². The molecule has 202 valence electrons. The number of esters is 1. The Balaban J connectivity index is 1.63. The highest BCUT2D eigenvalue weighted by molar-refractivity contribution is 5.73. The van der Waals surface area contributed by atoms with Gasteiger partial charge in [-0.1, -0.05) is 0 Å². The molecule has 1 aromatic carbocycles. The average Bonchev–Trinajstić information content (AvgIpc) is 2.79. The van der Waals surface area contributed by atoms with Gasteiger partial charge in [-0.15, -0.1) is 0 Å². The molecule has 1 saturated carbocycles. The highest BCUT2D eigenvalue weighted by Crippen LogP contribution is 2.36. The van der Waals surface area contributed by atoms with Gasteiger partial charge in [-0.2, -0.15) is 13.2 Å². The molecule has 1 saturated heterocycles. The predicted octanol–water partition coefficient (Wildman–Crippen LogP) is 5.50. The van der Waals surface area contributed by atoms with Crippen molar-refractivity contribution < 1.29 is 32.2 Å². The van der Waals surface area contributed by atoms with Gasteiger partial charge in [0.15, 0.2) is 0 Å². The van der Waals surface area contributed by atoms with Crippen LogP contribution in [0.1, 0.15) is 59.8 Å². The lowest BCUT2D eigenvalue weighted by Crippen LogP contribution is -2.52. The van der Waals surface area contributed by atoms with E-state index in [0.717, 1.165) is 11.4 Å². The Bertz CT molecular complexity index is 878. The smallest absolute Gasteiger partial charge is 0.407 e. The van der Waals surface area contributed by atoms with Crippen LogP contribution in [-0.2, 0) is 14.3 Å². The minimum atomic E-state index is -4.13. The number of hydrogen-bond donors (Lipinski definition) is 2. The largest absolute Gasteiger partial charge is 0.466 e. The van der Waals surface area contributed by atoms with E-state index in [-0.39, 0.29) is 36.8 Å². The van der Waals surface area contributed by atoms with Gasteiger partial charge >= 0.3 is 18.2 Å². The molecule has 1 unspecified atom stereocenters. The highest BCUT2D eigenvalue weighted by atomic mass is 19.4. The van der Waals surface area contributed by atoms with Gasteiger partial charge in [-0.25, -0.2) is 4.79 Å². The van der Waals surface area contributed by atoms with Gasteiger partial charge in [0.2, 0.25) is 0 Å². The second kappa shape index (κ2) is 11.6. The van der Waals surface area contributed by atoms with E-state index in [4.69, 9.17) is 9.47 Å². The van der Waals surface area contributed by atoms with Gasteiger partial charge in [-0.05, 0) is 84.1 Å². The van der Waals surface area contributed by atoms with Crippen molar-refractivity contribution in [3.8, 4) is 0 Å². The summed E-state index contributed by atoms with van der Waals surface area (Å²) in [5.74, 6) is -1.79. The number of hydrogen-bond acceptors (Lipinski definition) is 6. The summed E-state index contributed by atoms with van der Waals surface area (Å²) < 4.78 is 49.5. The third-order valence-electron chi connectivity index (χ3n) is 6.71. The van der Waals surface area contributed by atoms with Crippen molar-refractivity contribution >= 4 is 23.4 Å². The van der Waals surface area contributed by atoms with Crippen LogP contribution in [0, 0.1) is 11.8 Å². The normalized spacial score (nSPS) is 23.6. The first kappa shape index (κ1) is 27.9. The zero-order chi connectivity index (χ0) is 26.5. The molecule has 7 nitrogen and oxygen atoms in total. The van der Waals surface area contributed by atoms with Crippen LogP contribution in [0.5, 0.6) is 0 Å². The summed E-state index contributed by atoms with van der Waals surface area (Å²) in [6, 6.07) is 7.12. The first-order chi connectivity index (χ1) is 16.9. The van der Waals surface area contributed by atoms with E-state index in [1.165, 1.54) is 0 Å². The lowest BCUT2D eigenvalue weighted by atomic mass is 9.82. The lowest BCUT2D eigenvalue weighted by Gasteiger charge is -2.37. The number of anilines is 2. The number of rotatable bonds is 6. The first-order valence-corrected chi connectivity index (χ1v) is 12.7. The number of benzene rings is 1. The SMILES string of the molecule is CCOC(=O)[C@@H]1CCC(Nc2ccc(N3CCC(C(F)(F)F)CC3)cc2)[C@@H](NC(=O)OC(C)(C)C)C1. The Morgan fingerprint density at radius 3 is 2.19 bits per heavy atom. The Hall–Kier alpha value is -2.65. The van der Waals surface area contributed by atoms with Gasteiger partial charge in [-0.3, -0.25) is 4.79 Å². The number of amides is 1. The van der Waals surface area contributed by atoms with Crippen LogP contribution >= 0.6 is 0 Å². The molecule has 1 heterocycles. The molecule has 2 fully saturated rings. The third kappa shape index (κ3) is 7.93. The number of piperidine rings is 1.